The zero-order chi connectivity index (χ0) is 14.3. The van der Waals surface area contributed by atoms with Gasteiger partial charge in [0.1, 0.15) is 6.61 Å². The van der Waals surface area contributed by atoms with Crippen LogP contribution in [0.2, 0.25) is 0 Å². The third-order valence-electron chi connectivity index (χ3n) is 2.41. The summed E-state index contributed by atoms with van der Waals surface area (Å²) in [5.74, 6) is 0.653. The van der Waals surface area contributed by atoms with Gasteiger partial charge in [-0.05, 0) is 46.2 Å². The minimum atomic E-state index is 0.107. The monoisotopic (exact) mass is 266 g/mol. The first-order valence-corrected chi connectivity index (χ1v) is 6.81. The standard InChI is InChI=1S/C15H26N2O2/c1-12(2)18-8-9-19-14-10-13(6-7-16-14)11-17-15(3,4)5/h6-7,10,12,17H,8-9,11H2,1-5H3. The smallest absolute Gasteiger partial charge is 0.213 e. The first-order valence-electron chi connectivity index (χ1n) is 6.81. The van der Waals surface area contributed by atoms with Crippen LogP contribution in [0.4, 0.5) is 0 Å². The molecule has 19 heavy (non-hydrogen) atoms. The molecule has 0 unspecified atom stereocenters. The van der Waals surface area contributed by atoms with Crippen LogP contribution in [0.15, 0.2) is 18.3 Å². The van der Waals surface area contributed by atoms with Gasteiger partial charge in [0.2, 0.25) is 5.88 Å². The van der Waals surface area contributed by atoms with Crippen LogP contribution in [0.25, 0.3) is 0 Å². The van der Waals surface area contributed by atoms with Crippen molar-refractivity contribution in [2.45, 2.75) is 52.8 Å². The number of ether oxygens (including phenoxy) is 2. The van der Waals surface area contributed by atoms with Gasteiger partial charge in [-0.25, -0.2) is 4.98 Å². The third-order valence-corrected chi connectivity index (χ3v) is 2.41. The minimum Gasteiger partial charge on any atom is -0.475 e. The van der Waals surface area contributed by atoms with Gasteiger partial charge in [0, 0.05) is 24.3 Å². The van der Waals surface area contributed by atoms with E-state index in [-0.39, 0.29) is 11.6 Å². The molecule has 0 radical (unpaired) electrons. The molecule has 0 aliphatic carbocycles. The summed E-state index contributed by atoms with van der Waals surface area (Å²) in [5, 5.41) is 3.44. The maximum Gasteiger partial charge on any atom is 0.213 e. The average molecular weight is 266 g/mol. The highest BCUT2D eigenvalue weighted by atomic mass is 16.5. The molecule has 0 spiro atoms. The summed E-state index contributed by atoms with van der Waals surface area (Å²) < 4.78 is 11.0. The predicted molar refractivity (Wildman–Crippen MR) is 77.4 cm³/mol. The van der Waals surface area contributed by atoms with Gasteiger partial charge in [0.05, 0.1) is 12.7 Å². The molecule has 0 amide bonds. The van der Waals surface area contributed by atoms with Crippen molar-refractivity contribution in [1.29, 1.82) is 0 Å². The molecule has 1 heterocycles. The van der Waals surface area contributed by atoms with Crippen LogP contribution in [0.1, 0.15) is 40.2 Å². The zero-order valence-electron chi connectivity index (χ0n) is 12.7. The molecule has 1 aromatic rings. The fourth-order valence-corrected chi connectivity index (χ4v) is 1.44. The first kappa shape index (κ1) is 15.9. The predicted octanol–water partition coefficient (Wildman–Crippen LogP) is 2.77. The molecule has 1 aromatic heterocycles. The summed E-state index contributed by atoms with van der Waals surface area (Å²) in [6.07, 6.45) is 2.01. The van der Waals surface area contributed by atoms with Crippen molar-refractivity contribution in [2.24, 2.45) is 0 Å². The van der Waals surface area contributed by atoms with Crippen LogP contribution in [0.5, 0.6) is 5.88 Å². The molecule has 1 N–H and O–H groups in total. The summed E-state index contributed by atoms with van der Waals surface area (Å²) in [4.78, 5) is 4.19. The van der Waals surface area contributed by atoms with Crippen molar-refractivity contribution in [3.8, 4) is 5.88 Å². The Morgan fingerprint density at radius 3 is 2.63 bits per heavy atom. The lowest BCUT2D eigenvalue weighted by molar-refractivity contribution is 0.0542. The summed E-state index contributed by atoms with van der Waals surface area (Å²) in [6, 6.07) is 3.96. The Bertz CT molecular complexity index is 373. The van der Waals surface area contributed by atoms with Gasteiger partial charge in [-0.1, -0.05) is 0 Å². The fraction of sp³-hybridized carbons (Fsp3) is 0.667. The largest absolute Gasteiger partial charge is 0.475 e. The lowest BCUT2D eigenvalue weighted by Gasteiger charge is -2.20. The number of hydrogen-bond donors (Lipinski definition) is 1. The molecule has 0 aliphatic heterocycles. The minimum absolute atomic E-state index is 0.107. The molecular weight excluding hydrogens is 240 g/mol. The van der Waals surface area contributed by atoms with Crippen molar-refractivity contribution >= 4 is 0 Å². The van der Waals surface area contributed by atoms with Crippen molar-refractivity contribution in [1.82, 2.24) is 10.3 Å². The van der Waals surface area contributed by atoms with E-state index >= 15 is 0 Å². The lowest BCUT2D eigenvalue weighted by Crippen LogP contribution is -2.35. The molecule has 0 bridgehead atoms. The number of pyridine rings is 1. The summed E-state index contributed by atoms with van der Waals surface area (Å²) >= 11 is 0. The Morgan fingerprint density at radius 2 is 2.00 bits per heavy atom. The Morgan fingerprint density at radius 1 is 1.26 bits per heavy atom. The quantitative estimate of drug-likeness (QED) is 0.771. The maximum atomic E-state index is 5.57. The van der Waals surface area contributed by atoms with Crippen LogP contribution in [-0.2, 0) is 11.3 Å². The van der Waals surface area contributed by atoms with Crippen LogP contribution >= 0.6 is 0 Å². The Labute approximate surface area is 116 Å². The second-order valence-corrected chi connectivity index (χ2v) is 5.87. The van der Waals surface area contributed by atoms with Crippen LogP contribution in [-0.4, -0.2) is 29.8 Å². The van der Waals surface area contributed by atoms with Crippen molar-refractivity contribution in [3.63, 3.8) is 0 Å². The van der Waals surface area contributed by atoms with E-state index in [9.17, 15) is 0 Å². The highest BCUT2D eigenvalue weighted by Crippen LogP contribution is 2.10. The number of nitrogens with one attached hydrogen (secondary N) is 1. The van der Waals surface area contributed by atoms with E-state index in [1.165, 1.54) is 5.56 Å². The van der Waals surface area contributed by atoms with Gasteiger partial charge < -0.3 is 14.8 Å². The van der Waals surface area contributed by atoms with Crippen LogP contribution in [0, 0.1) is 0 Å². The zero-order valence-corrected chi connectivity index (χ0v) is 12.7. The van der Waals surface area contributed by atoms with E-state index in [0.717, 1.165) is 6.54 Å². The summed E-state index contributed by atoms with van der Waals surface area (Å²) in [6.45, 7) is 12.4. The molecule has 108 valence electrons. The first-order chi connectivity index (χ1) is 8.87. The molecule has 0 aromatic carbocycles. The normalized spacial score (nSPS) is 11.9. The van der Waals surface area contributed by atoms with E-state index < -0.39 is 0 Å². The maximum absolute atomic E-state index is 5.57. The van der Waals surface area contributed by atoms with E-state index in [1.54, 1.807) is 6.20 Å². The van der Waals surface area contributed by atoms with Crippen molar-refractivity contribution in [2.75, 3.05) is 13.2 Å². The number of hydrogen-bond acceptors (Lipinski definition) is 4. The summed E-state index contributed by atoms with van der Waals surface area (Å²) in [5.41, 5.74) is 1.28. The molecule has 0 aliphatic rings. The molecule has 0 saturated heterocycles. The Kier molecular flexibility index (Phi) is 6.25. The van der Waals surface area contributed by atoms with E-state index in [2.05, 4.69) is 31.1 Å². The highest BCUT2D eigenvalue weighted by Gasteiger charge is 2.08. The molecule has 0 saturated carbocycles. The van der Waals surface area contributed by atoms with Gasteiger partial charge in [-0.15, -0.1) is 0 Å². The molecule has 0 fully saturated rings. The van der Waals surface area contributed by atoms with Crippen molar-refractivity contribution < 1.29 is 9.47 Å². The van der Waals surface area contributed by atoms with E-state index in [4.69, 9.17) is 9.47 Å². The molecular formula is C15H26N2O2. The highest BCUT2D eigenvalue weighted by molar-refractivity contribution is 5.20. The van der Waals surface area contributed by atoms with Gasteiger partial charge in [0.15, 0.2) is 0 Å². The van der Waals surface area contributed by atoms with Crippen LogP contribution < -0.4 is 10.1 Å². The molecule has 4 heteroatoms. The molecule has 0 atom stereocenters. The Hall–Kier alpha value is -1.13. The Balaban J connectivity index is 2.39. The van der Waals surface area contributed by atoms with E-state index in [0.29, 0.717) is 19.1 Å². The number of nitrogens with zero attached hydrogens (tertiary/aromatic N) is 1. The van der Waals surface area contributed by atoms with E-state index in [1.807, 2.05) is 26.0 Å². The SMILES string of the molecule is CC(C)OCCOc1cc(CNC(C)(C)C)ccn1. The fourth-order valence-electron chi connectivity index (χ4n) is 1.44. The lowest BCUT2D eigenvalue weighted by atomic mass is 10.1. The third kappa shape index (κ3) is 7.80. The second-order valence-electron chi connectivity index (χ2n) is 5.87. The van der Waals surface area contributed by atoms with Crippen molar-refractivity contribution in [3.05, 3.63) is 23.9 Å². The topological polar surface area (TPSA) is 43.4 Å². The second kappa shape index (κ2) is 7.46. The van der Waals surface area contributed by atoms with Crippen LogP contribution in [0.3, 0.4) is 0 Å². The molecule has 1 rings (SSSR count). The number of rotatable bonds is 7. The van der Waals surface area contributed by atoms with Gasteiger partial charge in [0.25, 0.3) is 0 Å². The summed E-state index contributed by atoms with van der Waals surface area (Å²) in [7, 11) is 0. The van der Waals surface area contributed by atoms with Gasteiger partial charge in [-0.2, -0.15) is 0 Å². The number of aromatic nitrogens is 1. The molecule has 4 nitrogen and oxygen atoms in total. The average Bonchev–Trinajstić information content (AvgIpc) is 2.32. The van der Waals surface area contributed by atoms with Gasteiger partial charge >= 0.3 is 0 Å². The van der Waals surface area contributed by atoms with Gasteiger partial charge in [-0.3, -0.25) is 0 Å².